The fourth-order valence-corrected chi connectivity index (χ4v) is 3.69. The first kappa shape index (κ1) is 18.9. The van der Waals surface area contributed by atoms with E-state index >= 15 is 0 Å². The number of hydrogen-bond donors (Lipinski definition) is 2. The molecule has 29 heavy (non-hydrogen) atoms. The number of piperidine rings is 1. The Hall–Kier alpha value is -3.49. The fourth-order valence-electron chi connectivity index (χ4n) is 3.69. The third kappa shape index (κ3) is 4.18. The predicted octanol–water partition coefficient (Wildman–Crippen LogP) is 1.52. The molecule has 1 saturated heterocycles. The summed E-state index contributed by atoms with van der Waals surface area (Å²) >= 11 is 0. The quantitative estimate of drug-likeness (QED) is 0.690. The Morgan fingerprint density at radius 3 is 2.90 bits per heavy atom. The number of nitrogens with zero attached hydrogens (tertiary/aromatic N) is 3. The lowest BCUT2D eigenvalue weighted by Crippen LogP contribution is -2.42. The Balaban J connectivity index is 1.45. The van der Waals surface area contributed by atoms with Crippen molar-refractivity contribution in [2.75, 3.05) is 13.1 Å². The van der Waals surface area contributed by atoms with Crippen molar-refractivity contribution in [2.24, 2.45) is 5.92 Å². The van der Waals surface area contributed by atoms with E-state index in [9.17, 15) is 14.4 Å². The molecule has 0 spiro atoms. The average molecular weight is 395 g/mol. The van der Waals surface area contributed by atoms with Gasteiger partial charge in [0.1, 0.15) is 5.69 Å². The van der Waals surface area contributed by atoms with Crippen LogP contribution in [-0.2, 0) is 6.42 Å². The van der Waals surface area contributed by atoms with Crippen LogP contribution >= 0.6 is 0 Å². The highest BCUT2D eigenvalue weighted by Crippen LogP contribution is 2.24. The molecule has 4 rings (SSSR count). The van der Waals surface area contributed by atoms with E-state index in [0.29, 0.717) is 31.2 Å². The van der Waals surface area contributed by atoms with E-state index in [4.69, 9.17) is 4.52 Å². The van der Waals surface area contributed by atoms with Crippen LogP contribution in [0.15, 0.2) is 44.4 Å². The minimum atomic E-state index is -0.691. The molecule has 1 unspecified atom stereocenters. The summed E-state index contributed by atoms with van der Waals surface area (Å²) in [4.78, 5) is 46.2. The van der Waals surface area contributed by atoms with E-state index in [2.05, 4.69) is 20.1 Å². The van der Waals surface area contributed by atoms with E-state index in [0.717, 1.165) is 30.0 Å². The molecule has 1 amide bonds. The van der Waals surface area contributed by atoms with Crippen LogP contribution in [0.3, 0.4) is 0 Å². The van der Waals surface area contributed by atoms with Crippen LogP contribution in [0, 0.1) is 12.8 Å². The van der Waals surface area contributed by atoms with Crippen LogP contribution in [0.5, 0.6) is 0 Å². The lowest BCUT2D eigenvalue weighted by atomic mass is 9.94. The molecule has 3 heterocycles. The van der Waals surface area contributed by atoms with Gasteiger partial charge in [-0.3, -0.25) is 14.6 Å². The van der Waals surface area contributed by atoms with Gasteiger partial charge in [-0.1, -0.05) is 29.4 Å². The maximum atomic E-state index is 12.7. The minimum absolute atomic E-state index is 0.000899. The Labute approximate surface area is 165 Å². The second kappa shape index (κ2) is 7.86. The molecular weight excluding hydrogens is 374 g/mol. The molecule has 0 saturated carbocycles. The Kier molecular flexibility index (Phi) is 5.11. The van der Waals surface area contributed by atoms with Gasteiger partial charge in [-0.15, -0.1) is 0 Å². The van der Waals surface area contributed by atoms with Crippen molar-refractivity contribution in [3.63, 3.8) is 0 Å². The summed E-state index contributed by atoms with van der Waals surface area (Å²) in [5, 5.41) is 4.09. The molecule has 1 atom stereocenters. The second-order valence-corrected chi connectivity index (χ2v) is 7.29. The number of aromatic amines is 2. The second-order valence-electron chi connectivity index (χ2n) is 7.29. The van der Waals surface area contributed by atoms with Crippen molar-refractivity contribution < 1.29 is 9.32 Å². The zero-order chi connectivity index (χ0) is 20.4. The first-order chi connectivity index (χ1) is 14.0. The van der Waals surface area contributed by atoms with Crippen LogP contribution in [0.1, 0.15) is 34.8 Å². The van der Waals surface area contributed by atoms with Gasteiger partial charge in [0.05, 0.1) is 0 Å². The van der Waals surface area contributed by atoms with Crippen molar-refractivity contribution in [3.05, 3.63) is 68.3 Å². The molecular formula is C20H21N5O4. The van der Waals surface area contributed by atoms with Crippen LogP contribution in [0.25, 0.3) is 11.4 Å². The summed E-state index contributed by atoms with van der Waals surface area (Å²) in [5.74, 6) is 0.894. The number of nitrogens with one attached hydrogen (secondary N) is 2. The van der Waals surface area contributed by atoms with Crippen molar-refractivity contribution in [1.29, 1.82) is 0 Å². The van der Waals surface area contributed by atoms with E-state index in [1.165, 1.54) is 0 Å². The molecule has 150 valence electrons. The zero-order valence-corrected chi connectivity index (χ0v) is 16.0. The lowest BCUT2D eigenvalue weighted by molar-refractivity contribution is 0.0661. The number of likely N-dealkylation sites (tertiary alicyclic amines) is 1. The number of carbonyl (C=O) groups is 1. The monoisotopic (exact) mass is 395 g/mol. The molecule has 0 bridgehead atoms. The number of aromatic nitrogens is 4. The summed E-state index contributed by atoms with van der Waals surface area (Å²) < 4.78 is 5.43. The third-order valence-electron chi connectivity index (χ3n) is 5.11. The summed E-state index contributed by atoms with van der Waals surface area (Å²) in [6.45, 7) is 3.06. The number of amides is 1. The standard InChI is InChI=1S/C20H21N5O4/c1-12-5-2-3-7-14(12)18-23-17(29-24-18)9-13-6-4-8-25(11-13)19(27)15-10-16(26)22-20(28)21-15/h2-3,5,7,10,13H,4,6,8-9,11H2,1H3,(H2,21,22,26,28). The van der Waals surface area contributed by atoms with E-state index < -0.39 is 11.2 Å². The van der Waals surface area contributed by atoms with E-state index in [1.54, 1.807) is 4.90 Å². The maximum Gasteiger partial charge on any atom is 0.326 e. The first-order valence-corrected chi connectivity index (χ1v) is 9.51. The Bertz CT molecular complexity index is 1120. The molecule has 2 aromatic heterocycles. The molecule has 1 aliphatic heterocycles. The number of aryl methyl sites for hydroxylation is 1. The number of rotatable bonds is 4. The molecule has 1 fully saturated rings. The molecule has 2 N–H and O–H groups in total. The average Bonchev–Trinajstić information content (AvgIpc) is 3.15. The van der Waals surface area contributed by atoms with Crippen LogP contribution in [-0.4, -0.2) is 44.0 Å². The Morgan fingerprint density at radius 1 is 1.28 bits per heavy atom. The zero-order valence-electron chi connectivity index (χ0n) is 16.0. The molecule has 1 aromatic carbocycles. The smallest absolute Gasteiger partial charge is 0.326 e. The van der Waals surface area contributed by atoms with Gasteiger partial charge in [0.25, 0.3) is 11.5 Å². The van der Waals surface area contributed by atoms with Crippen LogP contribution in [0.2, 0.25) is 0 Å². The highest BCUT2D eigenvalue weighted by molar-refractivity contribution is 5.92. The summed E-state index contributed by atoms with van der Waals surface area (Å²) in [6, 6.07) is 8.95. The minimum Gasteiger partial charge on any atom is -0.339 e. The molecule has 9 heteroatoms. The van der Waals surface area contributed by atoms with Crippen LogP contribution < -0.4 is 11.2 Å². The van der Waals surface area contributed by atoms with E-state index in [1.807, 2.05) is 31.2 Å². The topological polar surface area (TPSA) is 125 Å². The van der Waals surface area contributed by atoms with Crippen molar-refractivity contribution in [1.82, 2.24) is 25.0 Å². The highest BCUT2D eigenvalue weighted by atomic mass is 16.5. The van der Waals surface area contributed by atoms with Crippen molar-refractivity contribution in [2.45, 2.75) is 26.2 Å². The third-order valence-corrected chi connectivity index (χ3v) is 5.11. The number of benzene rings is 1. The highest BCUT2D eigenvalue weighted by Gasteiger charge is 2.27. The number of carbonyl (C=O) groups excluding carboxylic acids is 1. The predicted molar refractivity (Wildman–Crippen MR) is 104 cm³/mol. The molecule has 1 aliphatic rings. The Morgan fingerprint density at radius 2 is 2.10 bits per heavy atom. The van der Waals surface area contributed by atoms with Gasteiger partial charge in [0.2, 0.25) is 11.7 Å². The number of hydrogen-bond acceptors (Lipinski definition) is 6. The van der Waals surface area contributed by atoms with Gasteiger partial charge >= 0.3 is 5.69 Å². The van der Waals surface area contributed by atoms with Crippen LogP contribution in [0.4, 0.5) is 0 Å². The van der Waals surface area contributed by atoms with Gasteiger partial charge < -0.3 is 14.4 Å². The normalized spacial score (nSPS) is 16.7. The maximum absolute atomic E-state index is 12.7. The van der Waals surface area contributed by atoms with Crippen molar-refractivity contribution in [3.8, 4) is 11.4 Å². The SMILES string of the molecule is Cc1ccccc1-c1noc(CC2CCCN(C(=O)c3cc(=O)[nH]c(=O)[nH]3)C2)n1. The van der Waals surface area contributed by atoms with Gasteiger partial charge in [0, 0.05) is 31.1 Å². The van der Waals surface area contributed by atoms with Gasteiger partial charge in [0.15, 0.2) is 0 Å². The van der Waals surface area contributed by atoms with Gasteiger partial charge in [-0.25, -0.2) is 4.79 Å². The largest absolute Gasteiger partial charge is 0.339 e. The van der Waals surface area contributed by atoms with Gasteiger partial charge in [-0.05, 0) is 31.2 Å². The van der Waals surface area contributed by atoms with E-state index in [-0.39, 0.29) is 17.5 Å². The fraction of sp³-hybridized carbons (Fsp3) is 0.350. The van der Waals surface area contributed by atoms with Gasteiger partial charge in [-0.2, -0.15) is 4.98 Å². The summed E-state index contributed by atoms with van der Waals surface area (Å²) in [5.41, 5.74) is 0.714. The first-order valence-electron chi connectivity index (χ1n) is 9.51. The molecule has 9 nitrogen and oxygen atoms in total. The molecule has 0 aliphatic carbocycles. The summed E-state index contributed by atoms with van der Waals surface area (Å²) in [7, 11) is 0. The molecule has 3 aromatic rings. The number of H-pyrrole nitrogens is 2. The van der Waals surface area contributed by atoms with Crippen molar-refractivity contribution >= 4 is 5.91 Å². The molecule has 0 radical (unpaired) electrons. The summed E-state index contributed by atoms with van der Waals surface area (Å²) in [6.07, 6.45) is 2.31. The lowest BCUT2D eigenvalue weighted by Gasteiger charge is -2.32.